The summed E-state index contributed by atoms with van der Waals surface area (Å²) < 4.78 is 2.17. The van der Waals surface area contributed by atoms with Crippen molar-refractivity contribution in [2.75, 3.05) is 26.2 Å². The van der Waals surface area contributed by atoms with Gasteiger partial charge in [-0.25, -0.2) is 9.83 Å². The number of piperazine rings is 1. The van der Waals surface area contributed by atoms with Crippen LogP contribution < -0.4 is 0 Å². The molecule has 1 aliphatic heterocycles. The molecule has 2 unspecified atom stereocenters. The normalized spacial score (nSPS) is 22.3. The van der Waals surface area contributed by atoms with Crippen molar-refractivity contribution in [2.45, 2.75) is 40.8 Å². The van der Waals surface area contributed by atoms with Gasteiger partial charge in [0.2, 0.25) is 5.91 Å². The zero-order valence-electron chi connectivity index (χ0n) is 19.6. The van der Waals surface area contributed by atoms with Crippen LogP contribution >= 0.6 is 0 Å². The molecule has 0 N–H and O–H groups in total. The van der Waals surface area contributed by atoms with E-state index in [4.69, 9.17) is 6.57 Å². The van der Waals surface area contributed by atoms with Crippen LogP contribution in [0.1, 0.15) is 39.0 Å². The molecular formula is C26H33N5O. The van der Waals surface area contributed by atoms with Crippen LogP contribution in [0.4, 0.5) is 5.69 Å². The van der Waals surface area contributed by atoms with Gasteiger partial charge in [0.25, 0.3) is 0 Å². The number of benzene rings is 1. The lowest BCUT2D eigenvalue weighted by Crippen LogP contribution is -2.49. The molecule has 6 heteroatoms. The molecule has 1 aromatic carbocycles. The summed E-state index contributed by atoms with van der Waals surface area (Å²) in [7, 11) is 0. The van der Waals surface area contributed by atoms with Crippen molar-refractivity contribution in [3.63, 3.8) is 0 Å². The van der Waals surface area contributed by atoms with Gasteiger partial charge in [-0.1, -0.05) is 49.8 Å². The highest BCUT2D eigenvalue weighted by Crippen LogP contribution is 2.60. The predicted molar refractivity (Wildman–Crippen MR) is 126 cm³/mol. The standard InChI is InChI=1S/C26H33N5O/c1-19(2)14-23-24(26(23,3)4)25(32)30-12-10-29(11-13-30)17-22-15-28-18-31(22)16-20-6-8-21(27-5)9-7-20/h6-9,14-15,18,23-24H,10-13,16-17H2,1-4H3. The molecule has 4 rings (SSSR count). The van der Waals surface area contributed by atoms with E-state index in [0.717, 1.165) is 44.8 Å². The maximum absolute atomic E-state index is 13.1. The van der Waals surface area contributed by atoms with E-state index in [-0.39, 0.29) is 11.3 Å². The second-order valence-corrected chi connectivity index (χ2v) is 9.96. The number of rotatable bonds is 6. The molecule has 0 bridgehead atoms. The Labute approximate surface area is 191 Å². The van der Waals surface area contributed by atoms with Gasteiger partial charge in [0.15, 0.2) is 5.69 Å². The van der Waals surface area contributed by atoms with E-state index in [1.807, 2.05) is 36.8 Å². The molecule has 2 fully saturated rings. The first-order chi connectivity index (χ1) is 15.3. The third kappa shape index (κ3) is 4.63. The van der Waals surface area contributed by atoms with Gasteiger partial charge in [-0.05, 0) is 30.7 Å². The quantitative estimate of drug-likeness (QED) is 0.504. The maximum atomic E-state index is 13.1. The fraction of sp³-hybridized carbons (Fsp3) is 0.500. The smallest absolute Gasteiger partial charge is 0.226 e. The van der Waals surface area contributed by atoms with Gasteiger partial charge in [-0.2, -0.15) is 0 Å². The van der Waals surface area contributed by atoms with Crippen LogP contribution in [0.15, 0.2) is 48.4 Å². The summed E-state index contributed by atoms with van der Waals surface area (Å²) >= 11 is 0. The van der Waals surface area contributed by atoms with Crippen molar-refractivity contribution in [1.29, 1.82) is 0 Å². The Morgan fingerprint density at radius 3 is 2.47 bits per heavy atom. The molecule has 1 amide bonds. The van der Waals surface area contributed by atoms with E-state index >= 15 is 0 Å². The minimum absolute atomic E-state index is 0.0744. The Morgan fingerprint density at radius 2 is 1.84 bits per heavy atom. The summed E-state index contributed by atoms with van der Waals surface area (Å²) in [5.41, 5.74) is 4.36. The van der Waals surface area contributed by atoms with Gasteiger partial charge in [0.05, 0.1) is 24.5 Å². The zero-order chi connectivity index (χ0) is 22.9. The van der Waals surface area contributed by atoms with Crippen molar-refractivity contribution < 1.29 is 4.79 Å². The van der Waals surface area contributed by atoms with Crippen molar-refractivity contribution in [3.05, 3.63) is 71.1 Å². The summed E-state index contributed by atoms with van der Waals surface area (Å²) in [6, 6.07) is 7.73. The average Bonchev–Trinajstić information content (AvgIpc) is 3.06. The molecule has 2 aromatic rings. The number of amides is 1. The van der Waals surface area contributed by atoms with E-state index < -0.39 is 0 Å². The summed E-state index contributed by atoms with van der Waals surface area (Å²) in [4.78, 5) is 25.4. The molecule has 1 aliphatic carbocycles. The Hall–Kier alpha value is -2.91. The summed E-state index contributed by atoms with van der Waals surface area (Å²) in [6.45, 7) is 20.7. The van der Waals surface area contributed by atoms with Crippen LogP contribution in [0, 0.1) is 23.8 Å². The van der Waals surface area contributed by atoms with Crippen molar-refractivity contribution in [2.24, 2.45) is 17.3 Å². The fourth-order valence-corrected chi connectivity index (χ4v) is 4.87. The molecule has 168 valence electrons. The predicted octanol–water partition coefficient (Wildman–Crippen LogP) is 4.36. The summed E-state index contributed by atoms with van der Waals surface area (Å²) in [6.07, 6.45) is 6.08. The number of hydrogen-bond acceptors (Lipinski definition) is 3. The number of carbonyl (C=O) groups is 1. The molecule has 0 spiro atoms. The van der Waals surface area contributed by atoms with Crippen LogP contribution in [0.5, 0.6) is 0 Å². The molecular weight excluding hydrogens is 398 g/mol. The summed E-state index contributed by atoms with van der Waals surface area (Å²) in [5, 5.41) is 0. The average molecular weight is 432 g/mol. The molecule has 6 nitrogen and oxygen atoms in total. The molecule has 2 heterocycles. The van der Waals surface area contributed by atoms with E-state index in [2.05, 4.69) is 58.0 Å². The highest BCUT2D eigenvalue weighted by molar-refractivity contribution is 5.84. The number of nitrogens with zero attached hydrogens (tertiary/aromatic N) is 5. The van der Waals surface area contributed by atoms with Crippen LogP contribution in [0.25, 0.3) is 4.85 Å². The van der Waals surface area contributed by atoms with Gasteiger partial charge < -0.3 is 9.47 Å². The van der Waals surface area contributed by atoms with Gasteiger partial charge in [0, 0.05) is 45.5 Å². The van der Waals surface area contributed by atoms with Crippen molar-refractivity contribution in [3.8, 4) is 0 Å². The van der Waals surface area contributed by atoms with E-state index in [1.54, 1.807) is 0 Å². The zero-order valence-corrected chi connectivity index (χ0v) is 19.6. The second kappa shape index (κ2) is 8.91. The van der Waals surface area contributed by atoms with E-state index in [1.165, 1.54) is 11.3 Å². The van der Waals surface area contributed by atoms with E-state index in [9.17, 15) is 4.79 Å². The van der Waals surface area contributed by atoms with Gasteiger partial charge in [-0.3, -0.25) is 9.69 Å². The van der Waals surface area contributed by atoms with Crippen molar-refractivity contribution >= 4 is 11.6 Å². The number of allylic oxidation sites excluding steroid dienone is 2. The monoisotopic (exact) mass is 431 g/mol. The Morgan fingerprint density at radius 1 is 1.16 bits per heavy atom. The number of aromatic nitrogens is 2. The second-order valence-electron chi connectivity index (χ2n) is 9.96. The van der Waals surface area contributed by atoms with E-state index in [0.29, 0.717) is 17.5 Å². The van der Waals surface area contributed by atoms with Crippen LogP contribution in [-0.4, -0.2) is 51.4 Å². The fourth-order valence-electron chi connectivity index (χ4n) is 4.87. The Bertz CT molecular complexity index is 1030. The third-order valence-corrected chi connectivity index (χ3v) is 6.98. The Balaban J connectivity index is 1.31. The lowest BCUT2D eigenvalue weighted by molar-refractivity contribution is -0.135. The molecule has 2 atom stereocenters. The van der Waals surface area contributed by atoms with Gasteiger partial charge >= 0.3 is 0 Å². The van der Waals surface area contributed by atoms with Crippen LogP contribution in [-0.2, 0) is 17.9 Å². The minimum atomic E-state index is 0.0744. The van der Waals surface area contributed by atoms with Crippen LogP contribution in [0.2, 0.25) is 0 Å². The molecule has 2 aliphatic rings. The number of carbonyl (C=O) groups excluding carboxylic acids is 1. The van der Waals surface area contributed by atoms with Crippen LogP contribution in [0.3, 0.4) is 0 Å². The first-order valence-corrected chi connectivity index (χ1v) is 11.4. The molecule has 1 aromatic heterocycles. The largest absolute Gasteiger partial charge is 0.340 e. The first kappa shape index (κ1) is 22.3. The molecule has 0 radical (unpaired) electrons. The third-order valence-electron chi connectivity index (χ3n) is 6.98. The number of imidazole rings is 1. The minimum Gasteiger partial charge on any atom is -0.340 e. The Kier molecular flexibility index (Phi) is 6.21. The lowest BCUT2D eigenvalue weighted by Gasteiger charge is -2.35. The topological polar surface area (TPSA) is 45.7 Å². The highest BCUT2D eigenvalue weighted by atomic mass is 16.2. The first-order valence-electron chi connectivity index (χ1n) is 11.4. The number of hydrogen-bond donors (Lipinski definition) is 0. The molecule has 1 saturated carbocycles. The molecule has 32 heavy (non-hydrogen) atoms. The highest BCUT2D eigenvalue weighted by Gasteiger charge is 2.61. The molecule has 1 saturated heterocycles. The lowest BCUT2D eigenvalue weighted by atomic mass is 10.1. The maximum Gasteiger partial charge on any atom is 0.226 e. The van der Waals surface area contributed by atoms with Gasteiger partial charge in [-0.15, -0.1) is 0 Å². The van der Waals surface area contributed by atoms with Crippen molar-refractivity contribution in [1.82, 2.24) is 19.4 Å². The summed E-state index contributed by atoms with van der Waals surface area (Å²) in [5.74, 6) is 0.820. The SMILES string of the molecule is [C-]#[N+]c1ccc(Cn2cncc2CN2CCN(C(=O)C3C(C=C(C)C)C3(C)C)CC2)cc1. The van der Waals surface area contributed by atoms with Gasteiger partial charge in [0.1, 0.15) is 0 Å².